The number of amides is 1. The van der Waals surface area contributed by atoms with Crippen molar-refractivity contribution < 1.29 is 9.53 Å². The molecular formula is C37H45N3O2. The summed E-state index contributed by atoms with van der Waals surface area (Å²) in [5.41, 5.74) is 3.13. The van der Waals surface area contributed by atoms with Crippen molar-refractivity contribution in [1.82, 2.24) is 4.90 Å². The Kier molecular flexibility index (Phi) is 14.2. The zero-order chi connectivity index (χ0) is 30.0. The van der Waals surface area contributed by atoms with Gasteiger partial charge in [0, 0.05) is 24.2 Å². The summed E-state index contributed by atoms with van der Waals surface area (Å²) in [6, 6.07) is 24.4. The van der Waals surface area contributed by atoms with E-state index in [1.54, 1.807) is 18.2 Å². The van der Waals surface area contributed by atoms with Gasteiger partial charge in [-0.15, -0.1) is 0 Å². The number of carbonyl (C=O) groups excluding carboxylic acids is 1. The third kappa shape index (κ3) is 10.1. The van der Waals surface area contributed by atoms with Crippen molar-refractivity contribution in [2.24, 2.45) is 0 Å². The van der Waals surface area contributed by atoms with E-state index >= 15 is 0 Å². The Bertz CT molecular complexity index is 1320. The number of nitriles is 2. The van der Waals surface area contributed by atoms with Crippen LogP contribution in [0, 0.1) is 22.7 Å². The zero-order valence-electron chi connectivity index (χ0n) is 25.4. The summed E-state index contributed by atoms with van der Waals surface area (Å²) < 4.78 is 6.14. The highest BCUT2D eigenvalue weighted by Gasteiger charge is 2.16. The number of para-hydroxylation sites is 1. The van der Waals surface area contributed by atoms with E-state index in [0.717, 1.165) is 37.1 Å². The standard InChI is InChI=1S/C37H45N3O2/c1-3-5-7-9-11-15-25-40(26-16-12-10-8-6-4-2)37(41)31-21-19-30(20-22-31)35-17-13-14-18-36(35)42-34-24-23-32(28-38)33(27-34)29-39/h13-14,17-24,27H,3-12,15-16,25-26H2,1-2H3. The summed E-state index contributed by atoms with van der Waals surface area (Å²) >= 11 is 0. The van der Waals surface area contributed by atoms with Crippen LogP contribution in [0.2, 0.25) is 0 Å². The predicted octanol–water partition coefficient (Wildman–Crippen LogP) is 10.1. The summed E-state index contributed by atoms with van der Waals surface area (Å²) in [7, 11) is 0. The molecule has 0 heterocycles. The van der Waals surface area contributed by atoms with E-state index in [0.29, 0.717) is 22.6 Å². The quantitative estimate of drug-likeness (QED) is 0.144. The van der Waals surface area contributed by atoms with Crippen molar-refractivity contribution in [2.75, 3.05) is 13.1 Å². The monoisotopic (exact) mass is 563 g/mol. The normalized spacial score (nSPS) is 10.6. The highest BCUT2D eigenvalue weighted by Crippen LogP contribution is 2.34. The molecule has 0 N–H and O–H groups in total. The van der Waals surface area contributed by atoms with E-state index in [-0.39, 0.29) is 11.5 Å². The second kappa shape index (κ2) is 18.4. The van der Waals surface area contributed by atoms with Crippen LogP contribution in [0.25, 0.3) is 11.1 Å². The maximum atomic E-state index is 13.6. The Morgan fingerprint density at radius 2 is 1.26 bits per heavy atom. The van der Waals surface area contributed by atoms with Crippen molar-refractivity contribution in [3.8, 4) is 34.8 Å². The molecule has 5 heteroatoms. The minimum Gasteiger partial charge on any atom is -0.457 e. The highest BCUT2D eigenvalue weighted by molar-refractivity contribution is 5.94. The van der Waals surface area contributed by atoms with E-state index in [1.807, 2.05) is 54.6 Å². The van der Waals surface area contributed by atoms with Crippen LogP contribution in [0.3, 0.4) is 0 Å². The summed E-state index contributed by atoms with van der Waals surface area (Å²) in [5.74, 6) is 1.23. The first kappa shape index (κ1) is 32.4. The Morgan fingerprint density at radius 1 is 0.690 bits per heavy atom. The number of nitrogens with zero attached hydrogens (tertiary/aromatic N) is 3. The van der Waals surface area contributed by atoms with E-state index in [4.69, 9.17) is 4.74 Å². The van der Waals surface area contributed by atoms with Gasteiger partial charge < -0.3 is 9.64 Å². The molecule has 1 amide bonds. The molecule has 3 aromatic rings. The summed E-state index contributed by atoms with van der Waals surface area (Å²) in [5, 5.41) is 18.6. The molecule has 3 rings (SSSR count). The van der Waals surface area contributed by atoms with Gasteiger partial charge in [0.05, 0.1) is 11.1 Å². The third-order valence-corrected chi connectivity index (χ3v) is 7.64. The maximum Gasteiger partial charge on any atom is 0.253 e. The second-order valence-corrected chi connectivity index (χ2v) is 10.9. The molecule has 0 aliphatic rings. The first-order valence-electron chi connectivity index (χ1n) is 15.7. The number of carbonyl (C=O) groups is 1. The number of hydrogen-bond acceptors (Lipinski definition) is 4. The first-order chi connectivity index (χ1) is 20.6. The van der Waals surface area contributed by atoms with Crippen molar-refractivity contribution >= 4 is 5.91 Å². The lowest BCUT2D eigenvalue weighted by Crippen LogP contribution is -2.33. The Hall–Kier alpha value is -4.09. The highest BCUT2D eigenvalue weighted by atomic mass is 16.5. The van der Waals surface area contributed by atoms with Crippen LogP contribution in [0.15, 0.2) is 66.7 Å². The Morgan fingerprint density at radius 3 is 1.86 bits per heavy atom. The van der Waals surface area contributed by atoms with Gasteiger partial charge in [-0.25, -0.2) is 0 Å². The van der Waals surface area contributed by atoms with Crippen LogP contribution in [0.4, 0.5) is 0 Å². The topological polar surface area (TPSA) is 77.1 Å². The van der Waals surface area contributed by atoms with Gasteiger partial charge in [-0.1, -0.05) is 108 Å². The van der Waals surface area contributed by atoms with Gasteiger partial charge in [0.25, 0.3) is 5.91 Å². The molecule has 0 unspecified atom stereocenters. The lowest BCUT2D eigenvalue weighted by Gasteiger charge is -2.23. The molecular weight excluding hydrogens is 518 g/mol. The van der Waals surface area contributed by atoms with Crippen molar-refractivity contribution in [1.29, 1.82) is 10.5 Å². The lowest BCUT2D eigenvalue weighted by molar-refractivity contribution is 0.0749. The Balaban J connectivity index is 1.70. The van der Waals surface area contributed by atoms with Gasteiger partial charge in [-0.3, -0.25) is 4.79 Å². The SMILES string of the molecule is CCCCCCCCN(CCCCCCCC)C(=O)c1ccc(-c2ccccc2Oc2ccc(C#N)c(C#N)c2)cc1. The van der Waals surface area contributed by atoms with Crippen molar-refractivity contribution in [2.45, 2.75) is 90.9 Å². The molecule has 0 radical (unpaired) electrons. The molecule has 0 aliphatic carbocycles. The molecule has 220 valence electrons. The third-order valence-electron chi connectivity index (χ3n) is 7.64. The summed E-state index contributed by atoms with van der Waals surface area (Å²) in [4.78, 5) is 15.7. The van der Waals surface area contributed by atoms with Gasteiger partial charge in [0.1, 0.15) is 23.6 Å². The van der Waals surface area contributed by atoms with Crippen molar-refractivity contribution in [3.63, 3.8) is 0 Å². The van der Waals surface area contributed by atoms with Gasteiger partial charge in [-0.2, -0.15) is 10.5 Å². The number of unbranched alkanes of at least 4 members (excludes halogenated alkanes) is 10. The molecule has 0 atom stereocenters. The van der Waals surface area contributed by atoms with Crippen LogP contribution < -0.4 is 4.74 Å². The molecule has 0 bridgehead atoms. The minimum absolute atomic E-state index is 0.106. The molecule has 0 aliphatic heterocycles. The second-order valence-electron chi connectivity index (χ2n) is 10.9. The largest absolute Gasteiger partial charge is 0.457 e. The van der Waals surface area contributed by atoms with E-state index < -0.39 is 0 Å². The fourth-order valence-electron chi connectivity index (χ4n) is 5.15. The smallest absolute Gasteiger partial charge is 0.253 e. The fourth-order valence-corrected chi connectivity index (χ4v) is 5.15. The minimum atomic E-state index is 0.106. The van der Waals surface area contributed by atoms with Crippen LogP contribution in [0.5, 0.6) is 11.5 Å². The number of rotatable bonds is 18. The van der Waals surface area contributed by atoms with E-state index in [2.05, 4.69) is 24.8 Å². The van der Waals surface area contributed by atoms with Gasteiger partial charge in [0.15, 0.2) is 0 Å². The van der Waals surface area contributed by atoms with E-state index in [9.17, 15) is 15.3 Å². The van der Waals surface area contributed by atoms with Crippen LogP contribution in [-0.2, 0) is 0 Å². The van der Waals surface area contributed by atoms with Gasteiger partial charge in [-0.05, 0) is 54.8 Å². The summed E-state index contributed by atoms with van der Waals surface area (Å²) in [6.07, 6.45) is 14.5. The summed E-state index contributed by atoms with van der Waals surface area (Å²) in [6.45, 7) is 6.10. The van der Waals surface area contributed by atoms with Crippen LogP contribution in [0.1, 0.15) is 112 Å². The first-order valence-corrected chi connectivity index (χ1v) is 15.7. The Labute approximate surface area is 252 Å². The average molecular weight is 564 g/mol. The molecule has 0 fully saturated rings. The molecule has 0 aromatic heterocycles. The van der Waals surface area contributed by atoms with Crippen molar-refractivity contribution in [3.05, 3.63) is 83.4 Å². The number of hydrogen-bond donors (Lipinski definition) is 0. The molecule has 3 aromatic carbocycles. The van der Waals surface area contributed by atoms with E-state index in [1.165, 1.54) is 64.2 Å². The number of ether oxygens (including phenoxy) is 1. The molecule has 0 saturated heterocycles. The average Bonchev–Trinajstić information content (AvgIpc) is 3.03. The molecule has 0 spiro atoms. The molecule has 42 heavy (non-hydrogen) atoms. The van der Waals surface area contributed by atoms with Crippen LogP contribution in [-0.4, -0.2) is 23.9 Å². The zero-order valence-corrected chi connectivity index (χ0v) is 25.4. The van der Waals surface area contributed by atoms with Crippen LogP contribution >= 0.6 is 0 Å². The number of benzene rings is 3. The fraction of sp³-hybridized carbons (Fsp3) is 0.432. The molecule has 0 saturated carbocycles. The lowest BCUT2D eigenvalue weighted by atomic mass is 10.0. The van der Waals surface area contributed by atoms with Gasteiger partial charge in [0.2, 0.25) is 0 Å². The molecule has 5 nitrogen and oxygen atoms in total. The maximum absolute atomic E-state index is 13.6. The predicted molar refractivity (Wildman–Crippen MR) is 170 cm³/mol. The van der Waals surface area contributed by atoms with Gasteiger partial charge >= 0.3 is 0 Å².